The Hall–Kier alpha value is -2.18. The van der Waals surface area contributed by atoms with Crippen LogP contribution in [0.25, 0.3) is 0 Å². The van der Waals surface area contributed by atoms with E-state index in [0.29, 0.717) is 6.54 Å². The lowest BCUT2D eigenvalue weighted by atomic mass is 10.2. The summed E-state index contributed by atoms with van der Waals surface area (Å²) in [4.78, 5) is 14.0. The van der Waals surface area contributed by atoms with Crippen LogP contribution in [0.15, 0.2) is 59.5 Å². The van der Waals surface area contributed by atoms with E-state index < -0.39 is 16.1 Å². The van der Waals surface area contributed by atoms with Crippen molar-refractivity contribution in [3.05, 3.63) is 60.2 Å². The maximum absolute atomic E-state index is 12.4. The SMILES string of the molecule is Cc1ccc(S(=O)(=O)NC2CC(=O)N(c3ccccc3)C2)cc1. The monoisotopic (exact) mass is 330 g/mol. The third-order valence-corrected chi connectivity index (χ3v) is 5.38. The van der Waals surface area contributed by atoms with Gasteiger partial charge in [-0.15, -0.1) is 0 Å². The first kappa shape index (κ1) is 15.7. The number of carbonyl (C=O) groups is 1. The lowest BCUT2D eigenvalue weighted by Gasteiger charge is -2.17. The van der Waals surface area contributed by atoms with Crippen molar-refractivity contribution in [2.75, 3.05) is 11.4 Å². The minimum Gasteiger partial charge on any atom is -0.311 e. The van der Waals surface area contributed by atoms with Crippen LogP contribution in [-0.4, -0.2) is 26.9 Å². The summed E-state index contributed by atoms with van der Waals surface area (Å²) in [5.74, 6) is -0.0761. The van der Waals surface area contributed by atoms with Crippen molar-refractivity contribution in [3.8, 4) is 0 Å². The van der Waals surface area contributed by atoms with Gasteiger partial charge in [0.2, 0.25) is 15.9 Å². The molecular formula is C17H18N2O3S. The molecule has 1 N–H and O–H groups in total. The van der Waals surface area contributed by atoms with Gasteiger partial charge < -0.3 is 4.90 Å². The second kappa shape index (κ2) is 6.14. The summed E-state index contributed by atoms with van der Waals surface area (Å²) < 4.78 is 27.4. The fourth-order valence-corrected chi connectivity index (χ4v) is 3.88. The van der Waals surface area contributed by atoms with E-state index in [2.05, 4.69) is 4.72 Å². The highest BCUT2D eigenvalue weighted by atomic mass is 32.2. The molecule has 1 aliphatic heterocycles. The van der Waals surface area contributed by atoms with Gasteiger partial charge in [0.05, 0.1) is 4.90 Å². The molecule has 2 aromatic carbocycles. The minimum atomic E-state index is -3.62. The van der Waals surface area contributed by atoms with E-state index in [1.807, 2.05) is 37.3 Å². The van der Waals surface area contributed by atoms with Crippen molar-refractivity contribution in [3.63, 3.8) is 0 Å². The molecule has 2 aromatic rings. The molecule has 1 unspecified atom stereocenters. The van der Waals surface area contributed by atoms with Crippen LogP contribution >= 0.6 is 0 Å². The van der Waals surface area contributed by atoms with E-state index in [4.69, 9.17) is 0 Å². The van der Waals surface area contributed by atoms with Crippen molar-refractivity contribution < 1.29 is 13.2 Å². The van der Waals surface area contributed by atoms with Gasteiger partial charge in [-0.2, -0.15) is 0 Å². The summed E-state index contributed by atoms with van der Waals surface area (Å²) in [6.45, 7) is 2.24. The zero-order valence-electron chi connectivity index (χ0n) is 12.8. The largest absolute Gasteiger partial charge is 0.311 e. The van der Waals surface area contributed by atoms with Crippen LogP contribution in [0.1, 0.15) is 12.0 Å². The van der Waals surface area contributed by atoms with Crippen LogP contribution in [0.5, 0.6) is 0 Å². The molecule has 1 amide bonds. The highest BCUT2D eigenvalue weighted by Crippen LogP contribution is 2.22. The Morgan fingerprint density at radius 2 is 1.70 bits per heavy atom. The summed E-state index contributed by atoms with van der Waals surface area (Å²) in [5.41, 5.74) is 1.78. The predicted molar refractivity (Wildman–Crippen MR) is 88.7 cm³/mol. The third-order valence-electron chi connectivity index (χ3n) is 3.85. The second-order valence-electron chi connectivity index (χ2n) is 5.68. The molecule has 0 aromatic heterocycles. The molecule has 3 rings (SSSR count). The molecule has 6 heteroatoms. The Morgan fingerprint density at radius 3 is 2.35 bits per heavy atom. The van der Waals surface area contributed by atoms with Crippen LogP contribution < -0.4 is 9.62 Å². The van der Waals surface area contributed by atoms with Crippen molar-refractivity contribution in [2.24, 2.45) is 0 Å². The number of hydrogen-bond acceptors (Lipinski definition) is 3. The number of aryl methyl sites for hydroxylation is 1. The van der Waals surface area contributed by atoms with E-state index in [1.54, 1.807) is 29.2 Å². The number of amides is 1. The number of sulfonamides is 1. The molecule has 1 aliphatic rings. The first-order valence-corrected chi connectivity index (χ1v) is 8.88. The lowest BCUT2D eigenvalue weighted by molar-refractivity contribution is -0.117. The Morgan fingerprint density at radius 1 is 1.04 bits per heavy atom. The van der Waals surface area contributed by atoms with Gasteiger partial charge >= 0.3 is 0 Å². The average molecular weight is 330 g/mol. The second-order valence-corrected chi connectivity index (χ2v) is 7.39. The minimum absolute atomic E-state index is 0.0761. The van der Waals surface area contributed by atoms with Gasteiger partial charge in [0.25, 0.3) is 0 Å². The summed E-state index contributed by atoms with van der Waals surface area (Å²) in [7, 11) is -3.62. The number of rotatable bonds is 4. The fourth-order valence-electron chi connectivity index (χ4n) is 2.65. The summed E-state index contributed by atoms with van der Waals surface area (Å²) in [6.07, 6.45) is 0.167. The van der Waals surface area contributed by atoms with Crippen LogP contribution in [0, 0.1) is 6.92 Å². The number of benzene rings is 2. The quantitative estimate of drug-likeness (QED) is 0.933. The average Bonchev–Trinajstić information content (AvgIpc) is 2.88. The van der Waals surface area contributed by atoms with Gasteiger partial charge in [-0.1, -0.05) is 35.9 Å². The summed E-state index contributed by atoms with van der Waals surface area (Å²) in [6, 6.07) is 15.5. The Balaban J connectivity index is 1.74. The number of anilines is 1. The van der Waals surface area contributed by atoms with Crippen molar-refractivity contribution in [1.82, 2.24) is 4.72 Å². The van der Waals surface area contributed by atoms with Gasteiger partial charge in [-0.05, 0) is 31.2 Å². The van der Waals surface area contributed by atoms with Crippen LogP contribution in [0.2, 0.25) is 0 Å². The number of carbonyl (C=O) groups excluding carboxylic acids is 1. The normalized spacial score (nSPS) is 18.4. The molecule has 0 aliphatic carbocycles. The number of nitrogens with zero attached hydrogens (tertiary/aromatic N) is 1. The van der Waals surface area contributed by atoms with Gasteiger partial charge in [0, 0.05) is 24.7 Å². The van der Waals surface area contributed by atoms with Crippen molar-refractivity contribution >= 4 is 21.6 Å². The molecule has 1 saturated heterocycles. The topological polar surface area (TPSA) is 66.5 Å². The van der Waals surface area contributed by atoms with Crippen LogP contribution in [0.3, 0.4) is 0 Å². The fraction of sp³-hybridized carbons (Fsp3) is 0.235. The van der Waals surface area contributed by atoms with Crippen LogP contribution in [-0.2, 0) is 14.8 Å². The molecule has 120 valence electrons. The van der Waals surface area contributed by atoms with Crippen molar-refractivity contribution in [1.29, 1.82) is 0 Å². The van der Waals surface area contributed by atoms with E-state index in [-0.39, 0.29) is 17.2 Å². The Labute approximate surface area is 136 Å². The molecule has 0 spiro atoms. The Bertz CT molecular complexity index is 801. The molecule has 23 heavy (non-hydrogen) atoms. The van der Waals surface area contributed by atoms with E-state index in [0.717, 1.165) is 11.3 Å². The highest BCUT2D eigenvalue weighted by Gasteiger charge is 2.33. The molecule has 1 heterocycles. The van der Waals surface area contributed by atoms with Gasteiger partial charge in [-0.25, -0.2) is 13.1 Å². The molecule has 1 fully saturated rings. The summed E-state index contributed by atoms with van der Waals surface area (Å²) in [5, 5.41) is 0. The zero-order valence-corrected chi connectivity index (χ0v) is 13.6. The van der Waals surface area contributed by atoms with E-state index >= 15 is 0 Å². The first-order valence-electron chi connectivity index (χ1n) is 7.40. The smallest absolute Gasteiger partial charge is 0.240 e. The van der Waals surface area contributed by atoms with E-state index in [1.165, 1.54) is 0 Å². The molecule has 1 atom stereocenters. The van der Waals surface area contributed by atoms with Gasteiger partial charge in [0.1, 0.15) is 0 Å². The zero-order chi connectivity index (χ0) is 16.4. The number of para-hydroxylation sites is 1. The van der Waals surface area contributed by atoms with E-state index in [9.17, 15) is 13.2 Å². The van der Waals surface area contributed by atoms with Crippen LogP contribution in [0.4, 0.5) is 5.69 Å². The number of nitrogens with one attached hydrogen (secondary N) is 1. The first-order chi connectivity index (χ1) is 11.0. The maximum atomic E-state index is 12.4. The van der Waals surface area contributed by atoms with Crippen molar-refractivity contribution in [2.45, 2.75) is 24.3 Å². The highest BCUT2D eigenvalue weighted by molar-refractivity contribution is 7.89. The van der Waals surface area contributed by atoms with Gasteiger partial charge in [-0.3, -0.25) is 4.79 Å². The third kappa shape index (κ3) is 3.43. The standard InChI is InChI=1S/C17H18N2O3S/c1-13-7-9-16(10-8-13)23(21,22)18-14-11-17(20)19(12-14)15-5-3-2-4-6-15/h2-10,14,18H,11-12H2,1H3. The molecule has 5 nitrogen and oxygen atoms in total. The predicted octanol–water partition coefficient (Wildman–Crippen LogP) is 2.08. The molecule has 0 bridgehead atoms. The maximum Gasteiger partial charge on any atom is 0.240 e. The molecule has 0 saturated carbocycles. The molecule has 0 radical (unpaired) electrons. The summed E-state index contributed by atoms with van der Waals surface area (Å²) >= 11 is 0. The Kier molecular flexibility index (Phi) is 4.19. The lowest BCUT2D eigenvalue weighted by Crippen LogP contribution is -2.37. The molecular weight excluding hydrogens is 312 g/mol. The number of hydrogen-bond donors (Lipinski definition) is 1. The van der Waals surface area contributed by atoms with Gasteiger partial charge in [0.15, 0.2) is 0 Å².